The summed E-state index contributed by atoms with van der Waals surface area (Å²) in [7, 11) is 0. The molecule has 2 saturated heterocycles. The Balaban J connectivity index is 0.000000470. The van der Waals surface area contributed by atoms with Crippen molar-refractivity contribution in [1.29, 1.82) is 0 Å². The predicted octanol–water partition coefficient (Wildman–Crippen LogP) is 6.02. The molecule has 0 bridgehead atoms. The first-order valence-corrected chi connectivity index (χ1v) is 16.5. The molecule has 2 N–H and O–H groups in total. The molecule has 12 nitrogen and oxygen atoms in total. The van der Waals surface area contributed by atoms with Gasteiger partial charge in [0.25, 0.3) is 0 Å². The Morgan fingerprint density at radius 1 is 0.809 bits per heavy atom. The number of carbonyl (C=O) groups excluding carboxylic acids is 4. The van der Waals surface area contributed by atoms with Crippen LogP contribution in [0.1, 0.15) is 102 Å². The molecule has 2 aliphatic heterocycles. The molecular formula is C35H60N2O10. The maximum atomic E-state index is 11.9. The van der Waals surface area contributed by atoms with E-state index in [1.54, 1.807) is 6.92 Å². The number of esters is 2. The number of alkyl carbamates (subject to hydrolysis) is 2. The predicted molar refractivity (Wildman–Crippen MR) is 179 cm³/mol. The molecule has 270 valence electrons. The van der Waals surface area contributed by atoms with Crippen molar-refractivity contribution >= 4 is 24.1 Å². The van der Waals surface area contributed by atoms with E-state index in [1.807, 2.05) is 27.7 Å². The van der Waals surface area contributed by atoms with Crippen molar-refractivity contribution in [1.82, 2.24) is 10.6 Å². The first kappa shape index (κ1) is 41.9. The zero-order chi connectivity index (χ0) is 36.2. The molecular weight excluding hydrogens is 608 g/mol. The van der Waals surface area contributed by atoms with Gasteiger partial charge in [0.05, 0.1) is 36.5 Å². The Labute approximate surface area is 281 Å². The molecule has 12 heteroatoms. The summed E-state index contributed by atoms with van der Waals surface area (Å²) < 4.78 is 33.0. The third-order valence-corrected chi connectivity index (χ3v) is 9.07. The minimum atomic E-state index is -0.731. The summed E-state index contributed by atoms with van der Waals surface area (Å²) >= 11 is 0. The second-order valence-electron chi connectivity index (χ2n) is 14.4. The van der Waals surface area contributed by atoms with E-state index in [1.165, 1.54) is 0 Å². The van der Waals surface area contributed by atoms with Gasteiger partial charge in [0, 0.05) is 11.6 Å². The molecule has 0 aliphatic carbocycles. The third-order valence-electron chi connectivity index (χ3n) is 9.07. The molecule has 2 rings (SSSR count). The second kappa shape index (κ2) is 17.9. The van der Waals surface area contributed by atoms with E-state index in [-0.39, 0.29) is 49.7 Å². The highest BCUT2D eigenvalue weighted by Crippen LogP contribution is 2.41. The molecule has 0 aromatic carbocycles. The van der Waals surface area contributed by atoms with Gasteiger partial charge < -0.3 is 39.1 Å². The van der Waals surface area contributed by atoms with Crippen molar-refractivity contribution in [2.45, 2.75) is 136 Å². The lowest BCUT2D eigenvalue weighted by molar-refractivity contribution is -0.139. The number of nitrogens with one attached hydrogen (secondary N) is 2. The van der Waals surface area contributed by atoms with Crippen LogP contribution in [0.15, 0.2) is 24.8 Å². The van der Waals surface area contributed by atoms with Crippen LogP contribution in [-0.4, -0.2) is 85.0 Å². The highest BCUT2D eigenvalue weighted by Gasteiger charge is 2.47. The Hall–Kier alpha value is -3.12. The molecule has 2 heterocycles. The molecule has 0 aromatic heterocycles. The van der Waals surface area contributed by atoms with Crippen LogP contribution in [0.2, 0.25) is 0 Å². The van der Waals surface area contributed by atoms with Crippen LogP contribution in [0.5, 0.6) is 0 Å². The normalized spacial score (nSPS) is 24.1. The lowest BCUT2D eigenvalue weighted by Gasteiger charge is -2.35. The number of amides is 2. The highest BCUT2D eigenvalue weighted by molar-refractivity contribution is 5.86. The molecule has 47 heavy (non-hydrogen) atoms. The van der Waals surface area contributed by atoms with Gasteiger partial charge >= 0.3 is 24.1 Å². The van der Waals surface area contributed by atoms with E-state index >= 15 is 0 Å². The average molecular weight is 669 g/mol. The molecule has 0 aromatic rings. The maximum Gasteiger partial charge on any atom is 0.407 e. The van der Waals surface area contributed by atoms with E-state index in [9.17, 15) is 19.2 Å². The Bertz CT molecular complexity index is 1100. The summed E-state index contributed by atoms with van der Waals surface area (Å²) in [5, 5.41) is 5.13. The van der Waals surface area contributed by atoms with Crippen LogP contribution in [0.25, 0.3) is 0 Å². The first-order chi connectivity index (χ1) is 21.6. The van der Waals surface area contributed by atoms with Crippen molar-refractivity contribution in [2.24, 2.45) is 11.8 Å². The highest BCUT2D eigenvalue weighted by atomic mass is 16.6. The van der Waals surface area contributed by atoms with E-state index < -0.39 is 35.3 Å². The van der Waals surface area contributed by atoms with E-state index in [0.717, 1.165) is 31.8 Å². The van der Waals surface area contributed by atoms with Crippen molar-refractivity contribution in [3.63, 3.8) is 0 Å². The molecule has 2 fully saturated rings. The van der Waals surface area contributed by atoms with Gasteiger partial charge in [-0.3, -0.25) is 0 Å². The van der Waals surface area contributed by atoms with Crippen LogP contribution in [0, 0.1) is 11.8 Å². The number of ether oxygens (including phenoxy) is 6. The standard InChI is InChI=1S/C18H31NO5.C17H29NO5/c1-12(2)15(20)22-11-10-19-16(21)24-17(5,6)14-8-9-18(7,23-14)13(3)4;1-7-14(19)21-11-10-18-15(20)23-16(4,5)13-8-9-17(6,22-13)12(2)3/h13-14H,1,8-11H2,2-7H3,(H,19,21);7,12-13H,1,8-11H2,2-6H3,(H,18,20). The van der Waals surface area contributed by atoms with Crippen molar-refractivity contribution < 1.29 is 47.6 Å². The lowest BCUT2D eigenvalue weighted by Crippen LogP contribution is -2.45. The van der Waals surface area contributed by atoms with E-state index in [0.29, 0.717) is 17.4 Å². The van der Waals surface area contributed by atoms with Crippen molar-refractivity contribution in [3.05, 3.63) is 24.8 Å². The van der Waals surface area contributed by atoms with Crippen LogP contribution >= 0.6 is 0 Å². The molecule has 0 spiro atoms. The van der Waals surface area contributed by atoms with Crippen LogP contribution < -0.4 is 10.6 Å². The fraction of sp³-hybridized carbons (Fsp3) is 0.771. The van der Waals surface area contributed by atoms with Gasteiger partial charge in [-0.05, 0) is 86.0 Å². The summed E-state index contributed by atoms with van der Waals surface area (Å²) in [6.07, 6.45) is 3.29. The molecule has 4 unspecified atom stereocenters. The Kier molecular flexibility index (Phi) is 15.9. The van der Waals surface area contributed by atoms with Gasteiger partial charge in [0.15, 0.2) is 0 Å². The molecule has 2 aliphatic rings. The topological polar surface area (TPSA) is 148 Å². The molecule has 2 amide bonds. The SMILES string of the molecule is C=C(C)C(=O)OCCNC(=O)OC(C)(C)C1CCC(C)(C(C)C)O1.C=CC(=O)OCCNC(=O)OC(C)(C)C1CCC(C)(C(C)C)O1. The van der Waals surface area contributed by atoms with Gasteiger partial charge in [-0.2, -0.15) is 0 Å². The monoisotopic (exact) mass is 668 g/mol. The average Bonchev–Trinajstić information content (AvgIpc) is 3.59. The summed E-state index contributed by atoms with van der Waals surface area (Å²) in [6.45, 7) is 29.0. The van der Waals surface area contributed by atoms with Crippen molar-refractivity contribution in [2.75, 3.05) is 26.3 Å². The van der Waals surface area contributed by atoms with Crippen LogP contribution in [-0.2, 0) is 38.0 Å². The summed E-state index contributed by atoms with van der Waals surface area (Å²) in [5.41, 5.74) is -1.50. The Morgan fingerprint density at radius 2 is 1.19 bits per heavy atom. The van der Waals surface area contributed by atoms with Crippen LogP contribution in [0.4, 0.5) is 9.59 Å². The number of rotatable bonds is 14. The number of carbonyl (C=O) groups is 4. The van der Waals surface area contributed by atoms with Crippen LogP contribution in [0.3, 0.4) is 0 Å². The quantitative estimate of drug-likeness (QED) is 0.0975. The molecule has 0 radical (unpaired) electrons. The smallest absolute Gasteiger partial charge is 0.407 e. The second-order valence-corrected chi connectivity index (χ2v) is 14.4. The zero-order valence-electron chi connectivity index (χ0n) is 30.5. The first-order valence-electron chi connectivity index (χ1n) is 16.5. The summed E-state index contributed by atoms with van der Waals surface area (Å²) in [4.78, 5) is 45.9. The van der Waals surface area contributed by atoms with E-state index in [2.05, 4.69) is 65.3 Å². The lowest BCUT2D eigenvalue weighted by atomic mass is 9.89. The number of hydrogen-bond donors (Lipinski definition) is 2. The van der Waals surface area contributed by atoms with Gasteiger partial charge in [-0.15, -0.1) is 0 Å². The zero-order valence-corrected chi connectivity index (χ0v) is 30.5. The van der Waals surface area contributed by atoms with Gasteiger partial charge in [0.1, 0.15) is 24.4 Å². The van der Waals surface area contributed by atoms with Gasteiger partial charge in [-0.1, -0.05) is 40.9 Å². The summed E-state index contributed by atoms with van der Waals surface area (Å²) in [5.74, 6) is -0.197. The third kappa shape index (κ3) is 13.5. The fourth-order valence-corrected chi connectivity index (χ4v) is 5.01. The van der Waals surface area contributed by atoms with E-state index in [4.69, 9.17) is 28.4 Å². The summed E-state index contributed by atoms with van der Waals surface area (Å²) in [6, 6.07) is 0. The van der Waals surface area contributed by atoms with Gasteiger partial charge in [0.2, 0.25) is 0 Å². The minimum absolute atomic E-state index is 0.0751. The minimum Gasteiger partial charge on any atom is -0.461 e. The maximum absolute atomic E-state index is 11.9. The fourth-order valence-electron chi connectivity index (χ4n) is 5.01. The largest absolute Gasteiger partial charge is 0.461 e. The molecule has 4 atom stereocenters. The van der Waals surface area contributed by atoms with Crippen molar-refractivity contribution in [3.8, 4) is 0 Å². The molecule has 0 saturated carbocycles. The Morgan fingerprint density at radius 3 is 1.51 bits per heavy atom. The van der Waals surface area contributed by atoms with Gasteiger partial charge in [-0.25, -0.2) is 19.2 Å². The number of hydrogen-bond acceptors (Lipinski definition) is 10.